The van der Waals surface area contributed by atoms with Gasteiger partial charge in [-0.15, -0.1) is 0 Å². The fraction of sp³-hybridized carbons (Fsp3) is 0.400. The number of nitrogens with zero attached hydrogens (tertiary/aromatic N) is 1. The summed E-state index contributed by atoms with van der Waals surface area (Å²) in [6, 6.07) is 14.1. The number of anilines is 1. The Kier molecular flexibility index (Phi) is 7.17. The summed E-state index contributed by atoms with van der Waals surface area (Å²) in [6.07, 6.45) is 6.53. The molecule has 5 nitrogen and oxygen atoms in total. The normalized spacial score (nSPS) is 16.4. The Morgan fingerprint density at radius 2 is 1.97 bits per heavy atom. The molecule has 1 aliphatic heterocycles. The van der Waals surface area contributed by atoms with E-state index in [0.717, 1.165) is 27.9 Å². The molecule has 1 saturated heterocycles. The molecule has 0 aliphatic carbocycles. The van der Waals surface area contributed by atoms with Crippen molar-refractivity contribution in [3.8, 4) is 5.75 Å². The largest absolute Gasteiger partial charge is 0.417 e. The Bertz CT molecular complexity index is 1020. The van der Waals surface area contributed by atoms with Crippen LogP contribution in [0, 0.1) is 3.57 Å². The second kappa shape index (κ2) is 10.0. The highest BCUT2D eigenvalue weighted by atomic mass is 127. The van der Waals surface area contributed by atoms with Crippen molar-refractivity contribution in [2.24, 2.45) is 0 Å². The molecular formula is C25H30IN3O2. The second-order valence-electron chi connectivity index (χ2n) is 8.42. The van der Waals surface area contributed by atoms with Crippen molar-refractivity contribution in [2.75, 3.05) is 18.4 Å². The van der Waals surface area contributed by atoms with Crippen LogP contribution < -0.4 is 10.1 Å². The predicted molar refractivity (Wildman–Crippen MR) is 135 cm³/mol. The SMILES string of the molecule is CCCC(C)N1CCC(c2c[nH]c3ccc(NC(=O)Oc4ccc(I)cc4)cc23)CC1. The van der Waals surface area contributed by atoms with Gasteiger partial charge in [-0.05, 0) is 116 Å². The van der Waals surface area contributed by atoms with Gasteiger partial charge in [0.25, 0.3) is 0 Å². The Morgan fingerprint density at radius 3 is 2.68 bits per heavy atom. The third-order valence-corrected chi connectivity index (χ3v) is 7.00. The van der Waals surface area contributed by atoms with Crippen LogP contribution in [0.2, 0.25) is 0 Å². The minimum Gasteiger partial charge on any atom is -0.410 e. The Hall–Kier alpha value is -2.06. The van der Waals surface area contributed by atoms with Crippen molar-refractivity contribution in [3.63, 3.8) is 0 Å². The smallest absolute Gasteiger partial charge is 0.410 e. The summed E-state index contributed by atoms with van der Waals surface area (Å²) in [5.74, 6) is 1.08. The van der Waals surface area contributed by atoms with Crippen LogP contribution in [0.5, 0.6) is 5.75 Å². The highest BCUT2D eigenvalue weighted by Crippen LogP contribution is 2.35. The van der Waals surface area contributed by atoms with Crippen LogP contribution in [0.4, 0.5) is 10.5 Å². The first-order valence-electron chi connectivity index (χ1n) is 11.1. The molecule has 1 atom stereocenters. The van der Waals surface area contributed by atoms with Crippen LogP contribution in [0.3, 0.4) is 0 Å². The van der Waals surface area contributed by atoms with Gasteiger partial charge in [-0.25, -0.2) is 4.79 Å². The number of hydrogen-bond acceptors (Lipinski definition) is 3. The molecule has 4 rings (SSSR count). The Balaban J connectivity index is 1.43. The zero-order valence-electron chi connectivity index (χ0n) is 18.2. The van der Waals surface area contributed by atoms with Gasteiger partial charge in [0.15, 0.2) is 0 Å². The van der Waals surface area contributed by atoms with Crippen molar-refractivity contribution in [1.29, 1.82) is 0 Å². The molecule has 164 valence electrons. The summed E-state index contributed by atoms with van der Waals surface area (Å²) in [4.78, 5) is 18.4. The second-order valence-corrected chi connectivity index (χ2v) is 9.67. The first-order valence-corrected chi connectivity index (χ1v) is 12.2. The fourth-order valence-corrected chi connectivity index (χ4v) is 4.92. The lowest BCUT2D eigenvalue weighted by atomic mass is 9.88. The van der Waals surface area contributed by atoms with E-state index in [2.05, 4.69) is 63.9 Å². The van der Waals surface area contributed by atoms with Crippen LogP contribution in [0.15, 0.2) is 48.7 Å². The van der Waals surface area contributed by atoms with E-state index in [1.807, 2.05) is 24.3 Å². The zero-order chi connectivity index (χ0) is 21.8. The number of nitrogens with one attached hydrogen (secondary N) is 2. The van der Waals surface area contributed by atoms with Gasteiger partial charge in [0.2, 0.25) is 0 Å². The van der Waals surface area contributed by atoms with Crippen LogP contribution in [-0.4, -0.2) is 35.1 Å². The quantitative estimate of drug-likeness (QED) is 0.346. The third-order valence-electron chi connectivity index (χ3n) is 6.28. The van der Waals surface area contributed by atoms with Crippen LogP contribution >= 0.6 is 22.6 Å². The average Bonchev–Trinajstić information content (AvgIpc) is 3.19. The van der Waals surface area contributed by atoms with Gasteiger partial charge in [-0.1, -0.05) is 13.3 Å². The van der Waals surface area contributed by atoms with Crippen molar-refractivity contribution in [2.45, 2.75) is 51.5 Å². The number of rotatable bonds is 6. The van der Waals surface area contributed by atoms with Gasteiger partial charge in [-0.3, -0.25) is 5.32 Å². The Labute approximate surface area is 197 Å². The number of benzene rings is 2. The maximum Gasteiger partial charge on any atom is 0.417 e. The highest BCUT2D eigenvalue weighted by Gasteiger charge is 2.25. The van der Waals surface area contributed by atoms with E-state index >= 15 is 0 Å². The number of aromatic amines is 1. The number of H-pyrrole nitrogens is 1. The zero-order valence-corrected chi connectivity index (χ0v) is 20.3. The van der Waals surface area contributed by atoms with E-state index in [-0.39, 0.29) is 0 Å². The summed E-state index contributed by atoms with van der Waals surface area (Å²) < 4.78 is 6.50. The number of carbonyl (C=O) groups excluding carboxylic acids is 1. The molecule has 0 saturated carbocycles. The number of fused-ring (bicyclic) bond motifs is 1. The van der Waals surface area contributed by atoms with Gasteiger partial charge in [0, 0.05) is 32.4 Å². The van der Waals surface area contributed by atoms with E-state index in [4.69, 9.17) is 4.74 Å². The molecule has 3 aromatic rings. The number of aromatic nitrogens is 1. The van der Waals surface area contributed by atoms with E-state index in [9.17, 15) is 4.79 Å². The molecule has 31 heavy (non-hydrogen) atoms. The molecule has 1 aliphatic rings. The molecule has 0 radical (unpaired) electrons. The number of amides is 1. The lowest BCUT2D eigenvalue weighted by Crippen LogP contribution is -2.39. The number of piperidine rings is 1. The Morgan fingerprint density at radius 1 is 1.23 bits per heavy atom. The van der Waals surface area contributed by atoms with Crippen LogP contribution in [0.25, 0.3) is 10.9 Å². The first kappa shape index (κ1) is 22.1. The number of hydrogen-bond donors (Lipinski definition) is 2. The van der Waals surface area contributed by atoms with Gasteiger partial charge in [-0.2, -0.15) is 0 Å². The maximum absolute atomic E-state index is 12.3. The number of carbonyl (C=O) groups is 1. The van der Waals surface area contributed by atoms with Crippen LogP contribution in [-0.2, 0) is 0 Å². The molecular weight excluding hydrogens is 501 g/mol. The van der Waals surface area contributed by atoms with Crippen LogP contribution in [0.1, 0.15) is 51.0 Å². The van der Waals surface area contributed by atoms with Crippen molar-refractivity contribution in [3.05, 3.63) is 57.8 Å². The summed E-state index contributed by atoms with van der Waals surface area (Å²) in [5.41, 5.74) is 3.21. The summed E-state index contributed by atoms with van der Waals surface area (Å²) in [6.45, 7) is 6.91. The molecule has 2 heterocycles. The maximum atomic E-state index is 12.3. The number of halogens is 1. The number of ether oxygens (including phenoxy) is 1. The molecule has 2 N–H and O–H groups in total. The lowest BCUT2D eigenvalue weighted by Gasteiger charge is -2.36. The molecule has 1 amide bonds. The molecule has 2 aromatic carbocycles. The molecule has 0 spiro atoms. The third kappa shape index (κ3) is 5.41. The average molecular weight is 531 g/mol. The van der Waals surface area contributed by atoms with E-state index in [1.54, 1.807) is 12.1 Å². The van der Waals surface area contributed by atoms with Crippen molar-refractivity contribution in [1.82, 2.24) is 9.88 Å². The monoisotopic (exact) mass is 531 g/mol. The molecule has 1 fully saturated rings. The van der Waals surface area contributed by atoms with Gasteiger partial charge in [0.05, 0.1) is 0 Å². The van der Waals surface area contributed by atoms with E-state index < -0.39 is 6.09 Å². The molecule has 0 bridgehead atoms. The topological polar surface area (TPSA) is 57.4 Å². The summed E-state index contributed by atoms with van der Waals surface area (Å²) in [5, 5.41) is 4.06. The van der Waals surface area contributed by atoms with Gasteiger partial charge in [0.1, 0.15) is 5.75 Å². The summed E-state index contributed by atoms with van der Waals surface area (Å²) >= 11 is 2.22. The number of likely N-dealkylation sites (tertiary alicyclic amines) is 1. The van der Waals surface area contributed by atoms with E-state index in [0.29, 0.717) is 17.7 Å². The van der Waals surface area contributed by atoms with Gasteiger partial charge < -0.3 is 14.6 Å². The molecule has 1 aromatic heterocycles. The van der Waals surface area contributed by atoms with Crippen molar-refractivity contribution >= 4 is 45.3 Å². The fourth-order valence-electron chi connectivity index (χ4n) is 4.56. The van der Waals surface area contributed by atoms with E-state index in [1.165, 1.54) is 36.6 Å². The predicted octanol–water partition coefficient (Wildman–Crippen LogP) is 6.75. The highest BCUT2D eigenvalue weighted by molar-refractivity contribution is 14.1. The minimum absolute atomic E-state index is 0.476. The summed E-state index contributed by atoms with van der Waals surface area (Å²) in [7, 11) is 0. The lowest BCUT2D eigenvalue weighted by molar-refractivity contribution is 0.155. The minimum atomic E-state index is -0.476. The molecule has 6 heteroatoms. The molecule has 1 unspecified atom stereocenters. The van der Waals surface area contributed by atoms with Crippen molar-refractivity contribution < 1.29 is 9.53 Å². The standard InChI is InChI=1S/C25H30IN3O2/c1-3-4-17(2)29-13-11-18(12-14-29)23-16-27-24-10-7-20(15-22(23)24)28-25(30)31-21-8-5-19(26)6-9-21/h5-10,15-18,27H,3-4,11-14H2,1-2H3,(H,28,30). The first-order chi connectivity index (χ1) is 15.0. The van der Waals surface area contributed by atoms with Gasteiger partial charge >= 0.3 is 6.09 Å².